The monoisotopic (exact) mass is 327 g/mol. The molecular formula is C18H25N5O. The van der Waals surface area contributed by atoms with Crippen LogP contribution in [0.25, 0.3) is 5.82 Å². The van der Waals surface area contributed by atoms with E-state index in [9.17, 15) is 4.79 Å². The Hall–Kier alpha value is -2.18. The van der Waals surface area contributed by atoms with Crippen LogP contribution in [0.1, 0.15) is 26.0 Å². The van der Waals surface area contributed by atoms with Crippen molar-refractivity contribution in [2.24, 2.45) is 5.73 Å². The van der Waals surface area contributed by atoms with Crippen molar-refractivity contribution in [3.63, 3.8) is 0 Å². The first-order valence-corrected chi connectivity index (χ1v) is 8.42. The molecule has 128 valence electrons. The van der Waals surface area contributed by atoms with E-state index in [1.807, 2.05) is 44.3 Å². The summed E-state index contributed by atoms with van der Waals surface area (Å²) < 4.78 is 2.06. The summed E-state index contributed by atoms with van der Waals surface area (Å²) in [7, 11) is 0. The van der Waals surface area contributed by atoms with Gasteiger partial charge in [-0.15, -0.1) is 0 Å². The number of hydrogen-bond acceptors (Lipinski definition) is 4. The van der Waals surface area contributed by atoms with E-state index < -0.39 is 0 Å². The fraction of sp³-hybridized carbons (Fsp3) is 0.444. The van der Waals surface area contributed by atoms with Crippen molar-refractivity contribution in [2.75, 3.05) is 6.54 Å². The van der Waals surface area contributed by atoms with Gasteiger partial charge in [-0.1, -0.05) is 6.07 Å². The van der Waals surface area contributed by atoms with E-state index in [1.165, 1.54) is 0 Å². The lowest BCUT2D eigenvalue weighted by atomic mass is 10.1. The third kappa shape index (κ3) is 3.66. The van der Waals surface area contributed by atoms with Gasteiger partial charge in [0.25, 0.3) is 0 Å². The first kappa shape index (κ1) is 16.7. The maximum Gasteiger partial charge on any atom is 0.237 e. The highest BCUT2D eigenvalue weighted by molar-refractivity contribution is 5.82. The normalized spacial score (nSPS) is 21.3. The zero-order chi connectivity index (χ0) is 17.1. The number of carbonyl (C=O) groups is 1. The largest absolute Gasteiger partial charge is 0.353 e. The number of amides is 1. The molecule has 0 radical (unpaired) electrons. The molecule has 1 amide bonds. The van der Waals surface area contributed by atoms with Gasteiger partial charge in [0, 0.05) is 43.3 Å². The fourth-order valence-electron chi connectivity index (χ4n) is 3.24. The Kier molecular flexibility index (Phi) is 4.97. The van der Waals surface area contributed by atoms with Crippen molar-refractivity contribution in [3.05, 3.63) is 48.4 Å². The Bertz CT molecular complexity index is 682. The van der Waals surface area contributed by atoms with Crippen LogP contribution in [-0.4, -0.2) is 45.0 Å². The molecule has 2 aromatic heterocycles. The van der Waals surface area contributed by atoms with E-state index in [2.05, 4.69) is 25.8 Å². The van der Waals surface area contributed by atoms with E-state index in [4.69, 9.17) is 5.73 Å². The Balaban J connectivity index is 1.78. The maximum atomic E-state index is 12.5. The minimum absolute atomic E-state index is 0.0335. The molecular weight excluding hydrogens is 302 g/mol. The van der Waals surface area contributed by atoms with Gasteiger partial charge < -0.3 is 15.6 Å². The van der Waals surface area contributed by atoms with Crippen LogP contribution in [0.15, 0.2) is 42.7 Å². The number of nitrogens with zero attached hydrogens (tertiary/aromatic N) is 3. The first-order valence-electron chi connectivity index (χ1n) is 8.42. The molecule has 3 rings (SSSR count). The number of carbonyl (C=O) groups excluding carboxylic acids is 1. The van der Waals surface area contributed by atoms with Crippen molar-refractivity contribution in [1.82, 2.24) is 19.8 Å². The number of nitrogens with two attached hydrogens (primary N) is 1. The summed E-state index contributed by atoms with van der Waals surface area (Å²) in [5.74, 6) is 0.943. The third-order valence-electron chi connectivity index (χ3n) is 4.26. The smallest absolute Gasteiger partial charge is 0.237 e. The minimum atomic E-state index is -0.172. The van der Waals surface area contributed by atoms with Gasteiger partial charge in [0.1, 0.15) is 5.82 Å². The molecule has 1 aliphatic heterocycles. The standard InChI is InChI=1S/C18H25N5O/c1-13(2)21-18(24)16-10-14(19)11-22(16)12-15-6-5-9-23(15)17-7-3-4-8-20-17/h3-9,13-14,16H,10-12,19H2,1-2H3,(H,21,24)/t14-,16+/m1/s1. The molecule has 1 saturated heterocycles. The van der Waals surface area contributed by atoms with Crippen LogP contribution in [0, 0.1) is 0 Å². The van der Waals surface area contributed by atoms with E-state index in [-0.39, 0.29) is 24.0 Å². The predicted molar refractivity (Wildman–Crippen MR) is 93.6 cm³/mol. The third-order valence-corrected chi connectivity index (χ3v) is 4.26. The number of hydrogen-bond donors (Lipinski definition) is 2. The van der Waals surface area contributed by atoms with E-state index in [1.54, 1.807) is 6.20 Å². The molecule has 0 spiro atoms. The lowest BCUT2D eigenvalue weighted by Crippen LogP contribution is -2.45. The van der Waals surface area contributed by atoms with Crippen LogP contribution >= 0.6 is 0 Å². The lowest BCUT2D eigenvalue weighted by molar-refractivity contribution is -0.126. The molecule has 3 N–H and O–H groups in total. The summed E-state index contributed by atoms with van der Waals surface area (Å²) in [6.45, 7) is 5.35. The molecule has 2 atom stereocenters. The van der Waals surface area contributed by atoms with Gasteiger partial charge in [0.15, 0.2) is 0 Å². The number of aromatic nitrogens is 2. The highest BCUT2D eigenvalue weighted by Gasteiger charge is 2.35. The second kappa shape index (κ2) is 7.15. The summed E-state index contributed by atoms with van der Waals surface area (Å²) in [4.78, 5) is 19.0. The van der Waals surface area contributed by atoms with Crippen molar-refractivity contribution < 1.29 is 4.79 Å². The Labute approximate surface area is 142 Å². The van der Waals surface area contributed by atoms with Gasteiger partial charge in [-0.3, -0.25) is 9.69 Å². The molecule has 0 saturated carbocycles. The Morgan fingerprint density at radius 3 is 2.92 bits per heavy atom. The van der Waals surface area contributed by atoms with Gasteiger partial charge in [-0.25, -0.2) is 4.98 Å². The zero-order valence-electron chi connectivity index (χ0n) is 14.2. The SMILES string of the molecule is CC(C)NC(=O)[C@@H]1C[C@@H](N)CN1Cc1cccn1-c1ccccn1. The summed E-state index contributed by atoms with van der Waals surface area (Å²) >= 11 is 0. The van der Waals surface area contributed by atoms with E-state index in [0.717, 1.165) is 18.1 Å². The van der Waals surface area contributed by atoms with Crippen LogP contribution in [0.3, 0.4) is 0 Å². The van der Waals surface area contributed by atoms with Crippen LogP contribution in [0.5, 0.6) is 0 Å². The molecule has 2 aromatic rings. The number of likely N-dealkylation sites (tertiary alicyclic amines) is 1. The Morgan fingerprint density at radius 1 is 1.38 bits per heavy atom. The van der Waals surface area contributed by atoms with Gasteiger partial charge in [-0.2, -0.15) is 0 Å². The molecule has 0 bridgehead atoms. The zero-order valence-corrected chi connectivity index (χ0v) is 14.2. The number of pyridine rings is 1. The molecule has 6 nitrogen and oxygen atoms in total. The molecule has 6 heteroatoms. The van der Waals surface area contributed by atoms with Crippen LogP contribution in [0.4, 0.5) is 0 Å². The van der Waals surface area contributed by atoms with Crippen LogP contribution < -0.4 is 11.1 Å². The summed E-state index contributed by atoms with van der Waals surface area (Å²) in [6, 6.07) is 9.91. The summed E-state index contributed by atoms with van der Waals surface area (Å²) in [5, 5.41) is 3.01. The molecule has 1 fully saturated rings. The van der Waals surface area contributed by atoms with Gasteiger partial charge in [-0.05, 0) is 44.5 Å². The van der Waals surface area contributed by atoms with Crippen LogP contribution in [0.2, 0.25) is 0 Å². The minimum Gasteiger partial charge on any atom is -0.353 e. The maximum absolute atomic E-state index is 12.5. The topological polar surface area (TPSA) is 76.2 Å². The van der Waals surface area contributed by atoms with Crippen LogP contribution in [-0.2, 0) is 11.3 Å². The number of rotatable bonds is 5. The second-order valence-electron chi connectivity index (χ2n) is 6.66. The molecule has 1 aliphatic rings. The summed E-state index contributed by atoms with van der Waals surface area (Å²) in [5.41, 5.74) is 7.22. The lowest BCUT2D eigenvalue weighted by Gasteiger charge is -2.25. The molecule has 0 aromatic carbocycles. The first-order chi connectivity index (χ1) is 11.5. The fourth-order valence-corrected chi connectivity index (χ4v) is 3.24. The average Bonchev–Trinajstić information content (AvgIpc) is 3.14. The van der Waals surface area contributed by atoms with Crippen molar-refractivity contribution in [1.29, 1.82) is 0 Å². The second-order valence-corrected chi connectivity index (χ2v) is 6.66. The highest BCUT2D eigenvalue weighted by Crippen LogP contribution is 2.21. The summed E-state index contributed by atoms with van der Waals surface area (Å²) in [6.07, 6.45) is 4.48. The average molecular weight is 327 g/mol. The van der Waals surface area contributed by atoms with Gasteiger partial charge in [0.2, 0.25) is 5.91 Å². The number of nitrogens with one attached hydrogen (secondary N) is 1. The highest BCUT2D eigenvalue weighted by atomic mass is 16.2. The molecule has 3 heterocycles. The van der Waals surface area contributed by atoms with Crippen molar-refractivity contribution in [3.8, 4) is 5.82 Å². The molecule has 0 unspecified atom stereocenters. The molecule has 24 heavy (non-hydrogen) atoms. The quantitative estimate of drug-likeness (QED) is 0.868. The van der Waals surface area contributed by atoms with Crippen molar-refractivity contribution in [2.45, 2.75) is 44.9 Å². The molecule has 0 aliphatic carbocycles. The Morgan fingerprint density at radius 2 is 2.21 bits per heavy atom. The van der Waals surface area contributed by atoms with Gasteiger partial charge in [0.05, 0.1) is 6.04 Å². The van der Waals surface area contributed by atoms with E-state index in [0.29, 0.717) is 13.0 Å². The van der Waals surface area contributed by atoms with Crippen molar-refractivity contribution >= 4 is 5.91 Å². The van der Waals surface area contributed by atoms with E-state index >= 15 is 0 Å². The predicted octanol–water partition coefficient (Wildman–Crippen LogP) is 1.30. The van der Waals surface area contributed by atoms with Gasteiger partial charge >= 0.3 is 0 Å².